The van der Waals surface area contributed by atoms with E-state index < -0.39 is 11.2 Å². The van der Waals surface area contributed by atoms with Gasteiger partial charge in [0.05, 0.1) is 6.54 Å². The van der Waals surface area contributed by atoms with Gasteiger partial charge in [-0.05, 0) is 42.3 Å². The smallest absolute Gasteiger partial charge is 0.142 e. The molecular weight excluding hydrogens is 361 g/mol. The van der Waals surface area contributed by atoms with Gasteiger partial charge in [-0.25, -0.2) is 9.67 Å². The van der Waals surface area contributed by atoms with Crippen LogP contribution in [0.2, 0.25) is 10.0 Å². The number of rotatable bonds is 5. The molecule has 0 amide bonds. The van der Waals surface area contributed by atoms with Crippen LogP contribution in [-0.4, -0.2) is 25.0 Å². The van der Waals surface area contributed by atoms with Gasteiger partial charge in [0.25, 0.3) is 0 Å². The van der Waals surface area contributed by atoms with Crippen LogP contribution >= 0.6 is 23.2 Å². The number of aliphatic hydroxyl groups is 2. The molecule has 0 aliphatic rings. The topological polar surface area (TPSA) is 71.2 Å². The van der Waals surface area contributed by atoms with Gasteiger partial charge in [0, 0.05) is 10.0 Å². The second-order valence-electron chi connectivity index (χ2n) is 6.04. The molecule has 130 valence electrons. The molecule has 3 aromatic rings. The van der Waals surface area contributed by atoms with E-state index in [4.69, 9.17) is 23.2 Å². The summed E-state index contributed by atoms with van der Waals surface area (Å²) in [5, 5.41) is 28.1. The highest BCUT2D eigenvalue weighted by Gasteiger charge is 2.49. The van der Waals surface area contributed by atoms with Crippen molar-refractivity contribution < 1.29 is 10.2 Å². The van der Waals surface area contributed by atoms with Gasteiger partial charge in [-0.1, -0.05) is 47.5 Å². The van der Waals surface area contributed by atoms with Crippen LogP contribution in [0.25, 0.3) is 0 Å². The Balaban J connectivity index is 2.12. The van der Waals surface area contributed by atoms with Crippen LogP contribution in [0.1, 0.15) is 18.1 Å². The average molecular weight is 378 g/mol. The van der Waals surface area contributed by atoms with Gasteiger partial charge in [-0.3, -0.25) is 0 Å². The maximum Gasteiger partial charge on any atom is 0.142 e. The molecule has 2 aromatic carbocycles. The first-order chi connectivity index (χ1) is 11.8. The van der Waals surface area contributed by atoms with Gasteiger partial charge >= 0.3 is 0 Å². The third kappa shape index (κ3) is 3.41. The van der Waals surface area contributed by atoms with Gasteiger partial charge in [0.2, 0.25) is 0 Å². The van der Waals surface area contributed by atoms with E-state index in [1.54, 1.807) is 55.5 Å². The molecule has 0 saturated heterocycles. The second-order valence-corrected chi connectivity index (χ2v) is 6.91. The summed E-state index contributed by atoms with van der Waals surface area (Å²) in [6, 6.07) is 13.4. The van der Waals surface area contributed by atoms with Gasteiger partial charge in [0.15, 0.2) is 0 Å². The first-order valence-corrected chi connectivity index (χ1v) is 8.38. The number of nitrogens with zero attached hydrogens (tertiary/aromatic N) is 3. The SMILES string of the molecule is C[C@@](O)(c1ccc(Cl)cc1)[C@](O)(Cn1cncn1)c1ccc(Cl)cc1. The zero-order valence-corrected chi connectivity index (χ0v) is 15.0. The lowest BCUT2D eigenvalue weighted by Crippen LogP contribution is -2.50. The molecule has 25 heavy (non-hydrogen) atoms. The van der Waals surface area contributed by atoms with Crippen molar-refractivity contribution in [2.75, 3.05) is 0 Å². The lowest BCUT2D eigenvalue weighted by molar-refractivity contribution is -0.164. The summed E-state index contributed by atoms with van der Waals surface area (Å²) in [5.74, 6) is 0. The molecule has 0 radical (unpaired) electrons. The minimum Gasteiger partial charge on any atom is -0.382 e. The molecule has 2 atom stereocenters. The molecule has 7 heteroatoms. The van der Waals surface area contributed by atoms with E-state index in [0.29, 0.717) is 21.2 Å². The molecule has 0 spiro atoms. The minimum absolute atomic E-state index is 0.00423. The Bertz CT molecular complexity index is 834. The quantitative estimate of drug-likeness (QED) is 0.714. The first-order valence-electron chi connectivity index (χ1n) is 7.62. The molecule has 0 saturated carbocycles. The van der Waals surface area contributed by atoms with E-state index in [1.165, 1.54) is 17.3 Å². The highest BCUT2D eigenvalue weighted by atomic mass is 35.5. The molecule has 0 fully saturated rings. The fraction of sp³-hybridized carbons (Fsp3) is 0.222. The summed E-state index contributed by atoms with van der Waals surface area (Å²) in [5.41, 5.74) is -2.28. The predicted molar refractivity (Wildman–Crippen MR) is 96.4 cm³/mol. The average Bonchev–Trinajstić information content (AvgIpc) is 3.08. The molecular formula is C18H17Cl2N3O2. The third-order valence-corrected chi connectivity index (χ3v) is 4.89. The summed E-state index contributed by atoms with van der Waals surface area (Å²) >= 11 is 11.9. The molecule has 2 N–H and O–H groups in total. The number of hydrogen-bond donors (Lipinski definition) is 2. The van der Waals surface area contributed by atoms with Crippen LogP contribution in [0, 0.1) is 0 Å². The maximum atomic E-state index is 11.6. The van der Waals surface area contributed by atoms with Gasteiger partial charge < -0.3 is 10.2 Å². The largest absolute Gasteiger partial charge is 0.382 e. The van der Waals surface area contributed by atoms with Crippen LogP contribution in [0.4, 0.5) is 0 Å². The summed E-state index contributed by atoms with van der Waals surface area (Å²) < 4.78 is 1.47. The molecule has 1 aromatic heterocycles. The zero-order valence-electron chi connectivity index (χ0n) is 13.5. The Morgan fingerprint density at radius 2 is 1.44 bits per heavy atom. The molecule has 0 bridgehead atoms. The van der Waals surface area contributed by atoms with Crippen molar-refractivity contribution in [1.82, 2.24) is 14.8 Å². The highest BCUT2D eigenvalue weighted by molar-refractivity contribution is 6.30. The van der Waals surface area contributed by atoms with Crippen LogP contribution in [0.3, 0.4) is 0 Å². The lowest BCUT2D eigenvalue weighted by Gasteiger charge is -2.42. The fourth-order valence-corrected chi connectivity index (χ4v) is 3.07. The number of aromatic nitrogens is 3. The van der Waals surface area contributed by atoms with Crippen LogP contribution < -0.4 is 0 Å². The molecule has 0 unspecified atom stereocenters. The molecule has 3 rings (SSSR count). The van der Waals surface area contributed by atoms with E-state index in [2.05, 4.69) is 10.1 Å². The molecule has 0 aliphatic heterocycles. The van der Waals surface area contributed by atoms with Gasteiger partial charge in [-0.2, -0.15) is 5.10 Å². The molecule has 5 nitrogen and oxygen atoms in total. The van der Waals surface area contributed by atoms with Crippen molar-refractivity contribution >= 4 is 23.2 Å². The van der Waals surface area contributed by atoms with Crippen molar-refractivity contribution in [1.29, 1.82) is 0 Å². The van der Waals surface area contributed by atoms with Crippen molar-refractivity contribution in [3.05, 3.63) is 82.4 Å². The lowest BCUT2D eigenvalue weighted by atomic mass is 9.74. The summed E-state index contributed by atoms with van der Waals surface area (Å²) in [4.78, 5) is 3.90. The molecule has 1 heterocycles. The van der Waals surface area contributed by atoms with Crippen molar-refractivity contribution in [3.8, 4) is 0 Å². The van der Waals surface area contributed by atoms with Crippen molar-refractivity contribution in [3.63, 3.8) is 0 Å². The van der Waals surface area contributed by atoms with Crippen molar-refractivity contribution in [2.24, 2.45) is 0 Å². The Hall–Kier alpha value is -1.92. The van der Waals surface area contributed by atoms with E-state index in [1.807, 2.05) is 0 Å². The molecule has 0 aliphatic carbocycles. The number of hydrogen-bond acceptors (Lipinski definition) is 4. The Morgan fingerprint density at radius 1 is 0.920 bits per heavy atom. The summed E-state index contributed by atoms with van der Waals surface area (Å²) in [6.07, 6.45) is 2.86. The second kappa shape index (κ2) is 6.77. The predicted octanol–water partition coefficient (Wildman–Crippen LogP) is 3.38. The number of halogens is 2. The van der Waals surface area contributed by atoms with Crippen molar-refractivity contribution in [2.45, 2.75) is 24.7 Å². The van der Waals surface area contributed by atoms with Crippen LogP contribution in [-0.2, 0) is 17.7 Å². The third-order valence-electron chi connectivity index (χ3n) is 4.39. The minimum atomic E-state index is -1.68. The summed E-state index contributed by atoms with van der Waals surface area (Å²) in [6.45, 7) is 1.56. The van der Waals surface area contributed by atoms with Gasteiger partial charge in [-0.15, -0.1) is 0 Å². The van der Waals surface area contributed by atoms with Gasteiger partial charge in [0.1, 0.15) is 23.9 Å². The van der Waals surface area contributed by atoms with E-state index in [0.717, 1.165) is 0 Å². The summed E-state index contributed by atoms with van der Waals surface area (Å²) in [7, 11) is 0. The van der Waals surface area contributed by atoms with Crippen LogP contribution in [0.15, 0.2) is 61.2 Å². The Kier molecular flexibility index (Phi) is 4.84. The fourth-order valence-electron chi connectivity index (χ4n) is 2.81. The number of benzene rings is 2. The van der Waals surface area contributed by atoms with Crippen LogP contribution in [0.5, 0.6) is 0 Å². The standard InChI is InChI=1S/C18H17Cl2N3O2/c1-17(24,13-2-6-15(19)7-3-13)18(25,10-23-12-21-11-22-23)14-4-8-16(20)9-5-14/h2-9,11-12,24-25H,10H2,1H3/t17-,18+/m1/s1. The van der Waals surface area contributed by atoms with E-state index in [9.17, 15) is 10.2 Å². The van der Waals surface area contributed by atoms with E-state index >= 15 is 0 Å². The van der Waals surface area contributed by atoms with E-state index in [-0.39, 0.29) is 6.54 Å². The first kappa shape index (κ1) is 17.9. The normalized spacial score (nSPS) is 16.2. The Morgan fingerprint density at radius 3 is 1.92 bits per heavy atom. The maximum absolute atomic E-state index is 11.6. The Labute approximate surface area is 155 Å². The monoisotopic (exact) mass is 377 g/mol. The highest BCUT2D eigenvalue weighted by Crippen LogP contribution is 2.42. The zero-order chi connectivity index (χ0) is 18.1.